The second kappa shape index (κ2) is 16.2. The number of rotatable bonds is 14. The number of hydrogen-bond acceptors (Lipinski definition) is 7. The molecule has 0 aliphatic heterocycles. The molecule has 218 valence electrons. The third-order valence-electron chi connectivity index (χ3n) is 6.88. The highest BCUT2D eigenvalue weighted by Crippen LogP contribution is 2.36. The maximum Gasteiger partial charge on any atom is 0.335 e. The molecule has 0 radical (unpaired) electrons. The van der Waals surface area contributed by atoms with Crippen molar-refractivity contribution in [1.82, 2.24) is 0 Å². The summed E-state index contributed by atoms with van der Waals surface area (Å²) in [4.78, 5) is 35.2. The molecule has 0 saturated heterocycles. The van der Waals surface area contributed by atoms with Crippen LogP contribution in [0.5, 0.6) is 11.5 Å². The average molecular weight is 561 g/mol. The van der Waals surface area contributed by atoms with Gasteiger partial charge in [-0.25, -0.2) is 14.4 Å². The number of allylic oxidation sites excluding steroid dienone is 1. The fraction of sp³-hybridized carbons (Fsp3) is 0.382. The van der Waals surface area contributed by atoms with Crippen LogP contribution in [0.3, 0.4) is 0 Å². The Morgan fingerprint density at radius 1 is 0.780 bits per heavy atom. The van der Waals surface area contributed by atoms with Crippen molar-refractivity contribution < 1.29 is 33.3 Å². The Balaban J connectivity index is 1.33. The minimum Gasteiger partial charge on any atom is -0.493 e. The van der Waals surface area contributed by atoms with Crippen LogP contribution >= 0.6 is 0 Å². The van der Waals surface area contributed by atoms with Gasteiger partial charge in [0, 0.05) is 30.1 Å². The predicted molar refractivity (Wildman–Crippen MR) is 158 cm³/mol. The van der Waals surface area contributed by atoms with Crippen molar-refractivity contribution in [2.45, 2.75) is 58.3 Å². The van der Waals surface area contributed by atoms with Gasteiger partial charge < -0.3 is 18.9 Å². The van der Waals surface area contributed by atoms with Crippen LogP contribution in [-0.2, 0) is 30.3 Å². The molecule has 0 atom stereocenters. The van der Waals surface area contributed by atoms with Gasteiger partial charge >= 0.3 is 17.9 Å². The Labute approximate surface area is 242 Å². The van der Waals surface area contributed by atoms with E-state index in [0.29, 0.717) is 54.8 Å². The predicted octanol–water partition coefficient (Wildman–Crippen LogP) is 6.67. The number of esters is 3. The third-order valence-corrected chi connectivity index (χ3v) is 6.88. The molecule has 2 aromatic rings. The molecule has 1 saturated carbocycles. The first-order valence-electron chi connectivity index (χ1n) is 14.1. The van der Waals surface area contributed by atoms with E-state index in [-0.39, 0.29) is 18.5 Å². The van der Waals surface area contributed by atoms with Crippen LogP contribution in [0.1, 0.15) is 63.0 Å². The van der Waals surface area contributed by atoms with Crippen molar-refractivity contribution in [2.24, 2.45) is 5.92 Å². The van der Waals surface area contributed by atoms with E-state index in [4.69, 9.17) is 18.9 Å². The Kier molecular flexibility index (Phi) is 12.4. The zero-order valence-corrected chi connectivity index (χ0v) is 24.1. The lowest BCUT2D eigenvalue weighted by Gasteiger charge is -2.27. The largest absolute Gasteiger partial charge is 0.493 e. The number of benzene rings is 2. The van der Waals surface area contributed by atoms with Crippen molar-refractivity contribution >= 4 is 17.9 Å². The lowest BCUT2D eigenvalue weighted by Crippen LogP contribution is -2.13. The van der Waals surface area contributed by atoms with E-state index in [2.05, 4.69) is 25.3 Å². The van der Waals surface area contributed by atoms with Crippen LogP contribution in [0.15, 0.2) is 85.0 Å². The second-order valence-electron chi connectivity index (χ2n) is 10.4. The summed E-state index contributed by atoms with van der Waals surface area (Å²) >= 11 is 0. The fourth-order valence-corrected chi connectivity index (χ4v) is 4.49. The highest BCUT2D eigenvalue weighted by molar-refractivity contribution is 5.87. The zero-order valence-electron chi connectivity index (χ0n) is 24.1. The molecule has 41 heavy (non-hydrogen) atoms. The fourth-order valence-electron chi connectivity index (χ4n) is 4.49. The smallest absolute Gasteiger partial charge is 0.335 e. The standard InChI is InChI=1S/C34H40O7/c1-24(2)33(36)39-22-5-21-38-30-17-13-29(14-18-30)28-11-6-26(7-12-28)10-19-32(35)41-31-15-8-27(9-16-31)20-23-40-34(37)25(3)4/h8-10,13-19,26,28H,1,3,5-7,11-12,20-23H2,2,4H3/b19-10+. The summed E-state index contributed by atoms with van der Waals surface area (Å²) < 4.78 is 21.4. The molecule has 1 fully saturated rings. The topological polar surface area (TPSA) is 88.1 Å². The quantitative estimate of drug-likeness (QED) is 0.110. The first-order valence-corrected chi connectivity index (χ1v) is 14.1. The van der Waals surface area contributed by atoms with E-state index in [1.165, 1.54) is 11.6 Å². The van der Waals surface area contributed by atoms with Crippen molar-refractivity contribution in [3.8, 4) is 11.5 Å². The van der Waals surface area contributed by atoms with Gasteiger partial charge in [-0.15, -0.1) is 0 Å². The molecule has 7 heteroatoms. The normalized spacial score (nSPS) is 16.5. The molecular weight excluding hydrogens is 520 g/mol. The average Bonchev–Trinajstić information content (AvgIpc) is 2.97. The Bertz CT molecular complexity index is 1220. The van der Waals surface area contributed by atoms with Gasteiger partial charge in [-0.1, -0.05) is 43.5 Å². The Morgan fingerprint density at radius 3 is 1.98 bits per heavy atom. The molecule has 1 aliphatic rings. The Hall–Kier alpha value is -4.13. The van der Waals surface area contributed by atoms with Crippen LogP contribution in [0.4, 0.5) is 0 Å². The summed E-state index contributed by atoms with van der Waals surface area (Å²) in [6.07, 6.45) is 8.83. The van der Waals surface area contributed by atoms with Crippen LogP contribution in [-0.4, -0.2) is 37.7 Å². The lowest BCUT2D eigenvalue weighted by atomic mass is 9.78. The molecule has 0 bridgehead atoms. The maximum absolute atomic E-state index is 12.3. The number of ether oxygens (including phenoxy) is 4. The molecule has 0 unspecified atom stereocenters. The van der Waals surface area contributed by atoms with Crippen molar-refractivity contribution in [1.29, 1.82) is 0 Å². The second-order valence-corrected chi connectivity index (χ2v) is 10.4. The van der Waals surface area contributed by atoms with Gasteiger partial charge in [0.15, 0.2) is 0 Å². The van der Waals surface area contributed by atoms with Crippen LogP contribution in [0, 0.1) is 5.92 Å². The molecule has 0 heterocycles. The molecule has 0 aromatic heterocycles. The first kappa shape index (κ1) is 31.4. The minimum absolute atomic E-state index is 0.271. The maximum atomic E-state index is 12.3. The van der Waals surface area contributed by atoms with E-state index in [0.717, 1.165) is 37.0 Å². The molecule has 7 nitrogen and oxygen atoms in total. The molecule has 3 rings (SSSR count). The monoisotopic (exact) mass is 560 g/mol. The third kappa shape index (κ3) is 11.1. The SMILES string of the molecule is C=C(C)C(=O)OCCCOc1ccc(C2CCC(/C=C/C(=O)Oc3ccc(CCOC(=O)C(=C)C)cc3)CC2)cc1. The van der Waals surface area contributed by atoms with Gasteiger partial charge in [-0.05, 0) is 86.8 Å². The minimum atomic E-state index is -0.398. The van der Waals surface area contributed by atoms with Gasteiger partial charge in [0.1, 0.15) is 11.5 Å². The van der Waals surface area contributed by atoms with Gasteiger partial charge in [-0.3, -0.25) is 0 Å². The van der Waals surface area contributed by atoms with Gasteiger partial charge in [-0.2, -0.15) is 0 Å². The summed E-state index contributed by atoms with van der Waals surface area (Å²) in [6, 6.07) is 15.4. The van der Waals surface area contributed by atoms with E-state index >= 15 is 0 Å². The summed E-state index contributed by atoms with van der Waals surface area (Å²) in [5.74, 6) is 0.956. The van der Waals surface area contributed by atoms with Crippen molar-refractivity contribution in [3.05, 3.63) is 96.1 Å². The first-order chi connectivity index (χ1) is 19.7. The summed E-state index contributed by atoms with van der Waals surface area (Å²) in [5, 5.41) is 0. The Morgan fingerprint density at radius 2 is 1.37 bits per heavy atom. The van der Waals surface area contributed by atoms with Crippen molar-refractivity contribution in [2.75, 3.05) is 19.8 Å². The summed E-state index contributed by atoms with van der Waals surface area (Å²) in [7, 11) is 0. The van der Waals surface area contributed by atoms with Crippen LogP contribution in [0.25, 0.3) is 0 Å². The molecule has 2 aromatic carbocycles. The highest BCUT2D eigenvalue weighted by Gasteiger charge is 2.21. The molecule has 0 N–H and O–H groups in total. The summed E-state index contributed by atoms with van der Waals surface area (Å²) in [6.45, 7) is 11.4. The molecule has 1 aliphatic carbocycles. The van der Waals surface area contributed by atoms with Gasteiger partial charge in [0.2, 0.25) is 0 Å². The van der Waals surface area contributed by atoms with E-state index in [1.807, 2.05) is 30.3 Å². The van der Waals surface area contributed by atoms with Crippen LogP contribution < -0.4 is 9.47 Å². The van der Waals surface area contributed by atoms with Gasteiger partial charge in [0.25, 0.3) is 0 Å². The zero-order chi connectivity index (χ0) is 29.6. The number of carbonyl (C=O) groups is 3. The highest BCUT2D eigenvalue weighted by atomic mass is 16.5. The number of hydrogen-bond donors (Lipinski definition) is 0. The molecule has 0 spiro atoms. The van der Waals surface area contributed by atoms with E-state index in [1.54, 1.807) is 26.0 Å². The number of carbonyl (C=O) groups excluding carboxylic acids is 3. The molecular formula is C34H40O7. The molecule has 0 amide bonds. The lowest BCUT2D eigenvalue weighted by molar-refractivity contribution is -0.139. The summed E-state index contributed by atoms with van der Waals surface area (Å²) in [5.41, 5.74) is 3.05. The van der Waals surface area contributed by atoms with Gasteiger partial charge in [0.05, 0.1) is 19.8 Å². The van der Waals surface area contributed by atoms with Crippen LogP contribution in [0.2, 0.25) is 0 Å². The van der Waals surface area contributed by atoms with E-state index in [9.17, 15) is 14.4 Å². The van der Waals surface area contributed by atoms with E-state index < -0.39 is 5.97 Å². The van der Waals surface area contributed by atoms with Crippen molar-refractivity contribution in [3.63, 3.8) is 0 Å².